The second kappa shape index (κ2) is 8.39. The normalized spacial score (nSPS) is 15.2. The molecule has 1 N–H and O–H groups in total. The SMILES string of the molecule is CC=C(CC)C(=O)NCCC(F)(F)C(F)(F)C(F)(F)C(F)(F)C(F)(F)C(F)F. The van der Waals surface area contributed by atoms with Crippen molar-refractivity contribution in [2.45, 2.75) is 62.7 Å². The van der Waals surface area contributed by atoms with Gasteiger partial charge in [-0.2, -0.15) is 43.9 Å². The number of amides is 1. The van der Waals surface area contributed by atoms with E-state index in [0.717, 1.165) is 0 Å². The summed E-state index contributed by atoms with van der Waals surface area (Å²) in [4.78, 5) is 11.4. The zero-order valence-corrected chi connectivity index (χ0v) is 14.2. The molecule has 0 aromatic rings. The van der Waals surface area contributed by atoms with E-state index in [0.29, 0.717) is 0 Å². The van der Waals surface area contributed by atoms with Gasteiger partial charge in [-0.3, -0.25) is 4.79 Å². The molecule has 0 unspecified atom stereocenters. The van der Waals surface area contributed by atoms with Crippen molar-refractivity contribution < 1.29 is 57.5 Å². The molecule has 0 radical (unpaired) electrons. The second-order valence-corrected chi connectivity index (χ2v) is 5.52. The third-order valence-electron chi connectivity index (χ3n) is 3.69. The Bertz CT molecular complexity index is 585. The van der Waals surface area contributed by atoms with Crippen molar-refractivity contribution in [3.8, 4) is 0 Å². The van der Waals surface area contributed by atoms with Crippen molar-refractivity contribution in [1.82, 2.24) is 5.32 Å². The Hall–Kier alpha value is -1.63. The van der Waals surface area contributed by atoms with E-state index in [2.05, 4.69) is 0 Å². The maximum atomic E-state index is 13.5. The van der Waals surface area contributed by atoms with E-state index < -0.39 is 54.9 Å². The smallest absolute Gasteiger partial charge is 0.352 e. The predicted octanol–water partition coefficient (Wildman–Crippen LogP) is 5.29. The highest BCUT2D eigenvalue weighted by molar-refractivity contribution is 5.93. The van der Waals surface area contributed by atoms with Crippen molar-refractivity contribution >= 4 is 5.91 Å². The van der Waals surface area contributed by atoms with Crippen LogP contribution >= 0.6 is 0 Å². The number of rotatable bonds is 10. The minimum absolute atomic E-state index is 0.0106. The number of nitrogens with one attached hydrogen (secondary N) is 1. The quantitative estimate of drug-likeness (QED) is 0.362. The molecule has 0 bridgehead atoms. The first-order chi connectivity index (χ1) is 12.3. The molecule has 14 heteroatoms. The molecule has 0 aliphatic heterocycles. The number of hydrogen-bond acceptors (Lipinski definition) is 1. The first-order valence-electron chi connectivity index (χ1n) is 7.45. The van der Waals surface area contributed by atoms with Crippen LogP contribution in [0.3, 0.4) is 0 Å². The lowest BCUT2D eigenvalue weighted by atomic mass is 9.93. The number of alkyl halides is 12. The summed E-state index contributed by atoms with van der Waals surface area (Å²) in [5.74, 6) is -36.3. The van der Waals surface area contributed by atoms with E-state index in [1.807, 2.05) is 0 Å². The maximum absolute atomic E-state index is 13.5. The van der Waals surface area contributed by atoms with Crippen LogP contribution in [0, 0.1) is 0 Å². The molecule has 28 heavy (non-hydrogen) atoms. The van der Waals surface area contributed by atoms with Crippen LogP contribution in [-0.4, -0.2) is 48.5 Å². The van der Waals surface area contributed by atoms with Crippen LogP contribution in [0.25, 0.3) is 0 Å². The van der Waals surface area contributed by atoms with Crippen molar-refractivity contribution in [3.63, 3.8) is 0 Å². The van der Waals surface area contributed by atoms with Gasteiger partial charge in [-0.1, -0.05) is 13.0 Å². The molecule has 0 saturated heterocycles. The van der Waals surface area contributed by atoms with Crippen LogP contribution in [0.2, 0.25) is 0 Å². The Morgan fingerprint density at radius 2 is 1.36 bits per heavy atom. The number of allylic oxidation sites excluding steroid dienone is 1. The molecule has 1 amide bonds. The van der Waals surface area contributed by atoms with Crippen molar-refractivity contribution in [2.24, 2.45) is 0 Å². The summed E-state index contributed by atoms with van der Waals surface area (Å²) in [6.45, 7) is 1.38. The van der Waals surface area contributed by atoms with Crippen molar-refractivity contribution in [2.75, 3.05) is 6.54 Å². The molecule has 2 nitrogen and oxygen atoms in total. The summed E-state index contributed by atoms with van der Waals surface area (Å²) in [6.07, 6.45) is -6.62. The van der Waals surface area contributed by atoms with Gasteiger partial charge in [0.15, 0.2) is 0 Å². The lowest BCUT2D eigenvalue weighted by Crippen LogP contribution is -2.68. The van der Waals surface area contributed by atoms with Crippen LogP contribution in [0.1, 0.15) is 26.7 Å². The van der Waals surface area contributed by atoms with E-state index >= 15 is 0 Å². The number of carbonyl (C=O) groups is 1. The minimum Gasteiger partial charge on any atom is -0.352 e. The minimum atomic E-state index is -7.55. The van der Waals surface area contributed by atoms with Gasteiger partial charge in [-0.25, -0.2) is 8.78 Å². The van der Waals surface area contributed by atoms with E-state index in [4.69, 9.17) is 0 Å². The molecular weight excluding hydrogens is 426 g/mol. The lowest BCUT2D eigenvalue weighted by Gasteiger charge is -2.39. The zero-order valence-electron chi connectivity index (χ0n) is 14.2. The summed E-state index contributed by atoms with van der Waals surface area (Å²) in [6, 6.07) is 0. The highest BCUT2D eigenvalue weighted by Gasteiger charge is 2.87. The fourth-order valence-electron chi connectivity index (χ4n) is 1.87. The Kier molecular flexibility index (Phi) is 7.90. The van der Waals surface area contributed by atoms with Crippen molar-refractivity contribution in [1.29, 1.82) is 0 Å². The van der Waals surface area contributed by atoms with Gasteiger partial charge in [-0.05, 0) is 13.3 Å². The summed E-state index contributed by atoms with van der Waals surface area (Å²) in [5.41, 5.74) is -0.0106. The molecule has 0 aromatic carbocycles. The molecule has 0 atom stereocenters. The average Bonchev–Trinajstić information content (AvgIpc) is 2.54. The van der Waals surface area contributed by atoms with Gasteiger partial charge in [0.25, 0.3) is 0 Å². The molecule has 0 aromatic heterocycles. The highest BCUT2D eigenvalue weighted by Crippen LogP contribution is 2.58. The molecule has 166 valence electrons. The largest absolute Gasteiger partial charge is 0.384 e. The summed E-state index contributed by atoms with van der Waals surface area (Å²) >= 11 is 0. The van der Waals surface area contributed by atoms with Crippen LogP contribution in [0.15, 0.2) is 11.6 Å². The summed E-state index contributed by atoms with van der Waals surface area (Å²) in [7, 11) is 0. The van der Waals surface area contributed by atoms with Gasteiger partial charge in [-0.15, -0.1) is 0 Å². The van der Waals surface area contributed by atoms with E-state index in [1.165, 1.54) is 19.9 Å². The first-order valence-corrected chi connectivity index (χ1v) is 7.45. The standard InChI is InChI=1S/C14H15F12NO/c1-3-7(4-2)8(28)27-6-5-10(17,18)12(21,22)14(25,26)13(23,24)11(19,20)9(15)16/h3,9H,4-6H2,1-2H3,(H,27,28). The molecule has 0 spiro atoms. The van der Waals surface area contributed by atoms with Crippen molar-refractivity contribution in [3.05, 3.63) is 11.6 Å². The fraction of sp³-hybridized carbons (Fsp3) is 0.786. The second-order valence-electron chi connectivity index (χ2n) is 5.52. The molecule has 0 rings (SSSR count). The predicted molar refractivity (Wildman–Crippen MR) is 72.4 cm³/mol. The van der Waals surface area contributed by atoms with Crippen LogP contribution in [0.4, 0.5) is 52.7 Å². The third-order valence-corrected chi connectivity index (χ3v) is 3.69. The third kappa shape index (κ3) is 4.34. The molecule has 0 fully saturated rings. The Labute approximate surface area is 150 Å². The average molecular weight is 441 g/mol. The van der Waals surface area contributed by atoms with Gasteiger partial charge in [0.2, 0.25) is 5.91 Å². The number of hydrogen-bond donors (Lipinski definition) is 1. The molecule has 0 aliphatic carbocycles. The van der Waals surface area contributed by atoms with Gasteiger partial charge < -0.3 is 5.32 Å². The molecule has 0 aliphatic rings. The summed E-state index contributed by atoms with van der Waals surface area (Å²) < 4.78 is 155. The Morgan fingerprint density at radius 1 is 0.893 bits per heavy atom. The number of halogens is 12. The van der Waals surface area contributed by atoms with Gasteiger partial charge in [0, 0.05) is 18.5 Å². The van der Waals surface area contributed by atoms with Crippen LogP contribution in [0.5, 0.6) is 0 Å². The van der Waals surface area contributed by atoms with E-state index in [-0.39, 0.29) is 12.0 Å². The fourth-order valence-corrected chi connectivity index (χ4v) is 1.87. The first kappa shape index (κ1) is 26.4. The molecule has 0 saturated carbocycles. The topological polar surface area (TPSA) is 29.1 Å². The number of carbonyl (C=O) groups excluding carboxylic acids is 1. The summed E-state index contributed by atoms with van der Waals surface area (Å²) in [5, 5.41) is 1.63. The lowest BCUT2D eigenvalue weighted by molar-refractivity contribution is -0.413. The molecule has 0 heterocycles. The monoisotopic (exact) mass is 441 g/mol. The molecular formula is C14H15F12NO. The zero-order chi connectivity index (χ0) is 22.8. The van der Waals surface area contributed by atoms with Gasteiger partial charge >= 0.3 is 36.0 Å². The van der Waals surface area contributed by atoms with E-state index in [9.17, 15) is 57.5 Å². The van der Waals surface area contributed by atoms with Crippen LogP contribution < -0.4 is 5.32 Å². The Balaban J connectivity index is 5.61. The maximum Gasteiger partial charge on any atom is 0.384 e. The highest BCUT2D eigenvalue weighted by atomic mass is 19.4. The van der Waals surface area contributed by atoms with E-state index in [1.54, 1.807) is 5.32 Å². The van der Waals surface area contributed by atoms with Gasteiger partial charge in [0.05, 0.1) is 0 Å². The van der Waals surface area contributed by atoms with Gasteiger partial charge in [0.1, 0.15) is 0 Å². The van der Waals surface area contributed by atoms with Crippen LogP contribution in [-0.2, 0) is 4.79 Å². The Morgan fingerprint density at radius 3 is 1.71 bits per heavy atom.